The van der Waals surface area contributed by atoms with E-state index < -0.39 is 0 Å². The SMILES string of the molecule is CC(C)C(=O)Nc1ccc2c(c1)C(N1CCN(C(C)C)CC1)=Nc1ccccc1O2. The van der Waals surface area contributed by atoms with Gasteiger partial charge in [0.2, 0.25) is 5.91 Å². The third-order valence-corrected chi connectivity index (χ3v) is 5.67. The number of piperazine rings is 1. The van der Waals surface area contributed by atoms with Gasteiger partial charge in [0.25, 0.3) is 0 Å². The van der Waals surface area contributed by atoms with Gasteiger partial charge in [0.15, 0.2) is 5.75 Å². The van der Waals surface area contributed by atoms with Crippen LogP contribution in [0.4, 0.5) is 11.4 Å². The quantitative estimate of drug-likeness (QED) is 0.816. The van der Waals surface area contributed by atoms with E-state index in [-0.39, 0.29) is 11.8 Å². The zero-order valence-electron chi connectivity index (χ0n) is 18.2. The smallest absolute Gasteiger partial charge is 0.226 e. The number of hydrogen-bond donors (Lipinski definition) is 1. The van der Waals surface area contributed by atoms with Crippen LogP contribution < -0.4 is 10.1 Å². The molecular weight excluding hydrogens is 376 g/mol. The summed E-state index contributed by atoms with van der Waals surface area (Å²) in [6.45, 7) is 12.1. The predicted octanol–water partition coefficient (Wildman–Crippen LogP) is 4.49. The molecule has 1 saturated heterocycles. The average molecular weight is 407 g/mol. The number of amides is 1. The highest BCUT2D eigenvalue weighted by Gasteiger charge is 2.27. The number of para-hydroxylation sites is 2. The normalized spacial score (nSPS) is 16.5. The molecule has 2 aromatic carbocycles. The maximum Gasteiger partial charge on any atom is 0.226 e. The first-order valence-corrected chi connectivity index (χ1v) is 10.7. The van der Waals surface area contributed by atoms with Crippen LogP contribution in [0.25, 0.3) is 0 Å². The molecule has 1 amide bonds. The molecule has 30 heavy (non-hydrogen) atoms. The summed E-state index contributed by atoms with van der Waals surface area (Å²) in [6, 6.07) is 14.2. The highest BCUT2D eigenvalue weighted by atomic mass is 16.5. The molecule has 6 nitrogen and oxygen atoms in total. The standard InChI is InChI=1S/C24H30N4O2/c1-16(2)24(29)25-18-9-10-21-19(15-18)23(26-20-7-5-6-8-22(20)30-21)28-13-11-27(12-14-28)17(3)4/h5-10,15-17H,11-14H2,1-4H3,(H,25,29). The second kappa shape index (κ2) is 8.48. The van der Waals surface area contributed by atoms with Gasteiger partial charge in [-0.15, -0.1) is 0 Å². The Morgan fingerprint density at radius 1 is 1.00 bits per heavy atom. The van der Waals surface area contributed by atoms with Crippen LogP contribution in [-0.2, 0) is 4.79 Å². The maximum atomic E-state index is 12.2. The molecule has 1 N–H and O–H groups in total. The molecule has 0 spiro atoms. The van der Waals surface area contributed by atoms with E-state index in [1.807, 2.05) is 56.3 Å². The van der Waals surface area contributed by atoms with Crippen molar-refractivity contribution in [3.8, 4) is 11.5 Å². The third kappa shape index (κ3) is 4.19. The number of carbonyl (C=O) groups is 1. The molecule has 0 atom stereocenters. The van der Waals surface area contributed by atoms with E-state index in [1.165, 1.54) is 0 Å². The van der Waals surface area contributed by atoms with Crippen LogP contribution in [0.2, 0.25) is 0 Å². The van der Waals surface area contributed by atoms with Gasteiger partial charge in [0, 0.05) is 43.8 Å². The molecule has 2 heterocycles. The minimum absolute atomic E-state index is 0.00295. The van der Waals surface area contributed by atoms with Gasteiger partial charge in [0.1, 0.15) is 17.3 Å². The van der Waals surface area contributed by atoms with Gasteiger partial charge in [-0.05, 0) is 44.2 Å². The molecule has 0 aromatic heterocycles. The van der Waals surface area contributed by atoms with Crippen LogP contribution in [0.15, 0.2) is 47.5 Å². The van der Waals surface area contributed by atoms with Crippen molar-refractivity contribution in [3.63, 3.8) is 0 Å². The van der Waals surface area contributed by atoms with E-state index in [9.17, 15) is 4.79 Å². The number of rotatable bonds is 3. The van der Waals surface area contributed by atoms with Gasteiger partial charge in [-0.25, -0.2) is 4.99 Å². The van der Waals surface area contributed by atoms with Crippen LogP contribution in [0.5, 0.6) is 11.5 Å². The summed E-state index contributed by atoms with van der Waals surface area (Å²) in [5, 5.41) is 3.00. The largest absolute Gasteiger partial charge is 0.454 e. The van der Waals surface area contributed by atoms with E-state index in [1.54, 1.807) is 0 Å². The maximum absolute atomic E-state index is 12.2. The molecule has 2 aromatic rings. The number of hydrogen-bond acceptors (Lipinski definition) is 5. The highest BCUT2D eigenvalue weighted by molar-refractivity contribution is 6.05. The lowest BCUT2D eigenvalue weighted by Gasteiger charge is -2.38. The molecule has 0 aliphatic carbocycles. The Hall–Kier alpha value is -2.86. The molecule has 0 saturated carbocycles. The van der Waals surface area contributed by atoms with Crippen LogP contribution in [0.1, 0.15) is 33.3 Å². The molecule has 0 bridgehead atoms. The summed E-state index contributed by atoms with van der Waals surface area (Å²) in [4.78, 5) is 22.1. The molecule has 2 aliphatic rings. The lowest BCUT2D eigenvalue weighted by molar-refractivity contribution is -0.118. The number of anilines is 1. The Kier molecular flexibility index (Phi) is 5.77. The Balaban J connectivity index is 1.72. The Bertz CT molecular complexity index is 959. The number of aliphatic imine (C=N–C) groups is 1. The minimum Gasteiger partial charge on any atom is -0.454 e. The van der Waals surface area contributed by atoms with Gasteiger partial charge in [0.05, 0.1) is 5.56 Å². The molecule has 1 fully saturated rings. The first-order valence-electron chi connectivity index (χ1n) is 10.7. The van der Waals surface area contributed by atoms with E-state index >= 15 is 0 Å². The van der Waals surface area contributed by atoms with Gasteiger partial charge in [-0.2, -0.15) is 0 Å². The third-order valence-electron chi connectivity index (χ3n) is 5.67. The van der Waals surface area contributed by atoms with Gasteiger partial charge >= 0.3 is 0 Å². The van der Waals surface area contributed by atoms with Gasteiger partial charge in [-0.3, -0.25) is 9.69 Å². The summed E-state index contributed by atoms with van der Waals surface area (Å²) < 4.78 is 6.23. The number of carbonyl (C=O) groups excluding carboxylic acids is 1. The lowest BCUT2D eigenvalue weighted by atomic mass is 10.1. The van der Waals surface area contributed by atoms with Crippen molar-refractivity contribution in [2.75, 3.05) is 31.5 Å². The first kappa shape index (κ1) is 20.4. The first-order chi connectivity index (χ1) is 14.4. The van der Waals surface area contributed by atoms with Crippen LogP contribution in [-0.4, -0.2) is 53.8 Å². The van der Waals surface area contributed by atoms with E-state index in [4.69, 9.17) is 9.73 Å². The average Bonchev–Trinajstić information content (AvgIpc) is 2.90. The minimum atomic E-state index is -0.0819. The fourth-order valence-electron chi connectivity index (χ4n) is 3.78. The van der Waals surface area contributed by atoms with Crippen molar-refractivity contribution in [3.05, 3.63) is 48.0 Å². The lowest BCUT2D eigenvalue weighted by Crippen LogP contribution is -2.50. The van der Waals surface area contributed by atoms with Crippen molar-refractivity contribution in [2.24, 2.45) is 10.9 Å². The van der Waals surface area contributed by atoms with Crippen LogP contribution in [0, 0.1) is 5.92 Å². The predicted molar refractivity (Wildman–Crippen MR) is 121 cm³/mol. The molecule has 158 valence electrons. The zero-order valence-corrected chi connectivity index (χ0v) is 18.2. The fraction of sp³-hybridized carbons (Fsp3) is 0.417. The van der Waals surface area contributed by atoms with Crippen molar-refractivity contribution < 1.29 is 9.53 Å². The molecule has 0 unspecified atom stereocenters. The molecular formula is C24H30N4O2. The van der Waals surface area contributed by atoms with E-state index in [2.05, 4.69) is 29.0 Å². The van der Waals surface area contributed by atoms with Crippen molar-refractivity contribution >= 4 is 23.1 Å². The molecule has 2 aliphatic heterocycles. The summed E-state index contributed by atoms with van der Waals surface area (Å²) in [6.07, 6.45) is 0. The summed E-state index contributed by atoms with van der Waals surface area (Å²) in [5.74, 6) is 2.32. The van der Waals surface area contributed by atoms with Gasteiger partial charge < -0.3 is 15.0 Å². The Labute approximate surface area is 178 Å². The summed E-state index contributed by atoms with van der Waals surface area (Å²) in [5.41, 5.74) is 2.49. The molecule has 6 heteroatoms. The number of nitrogens with zero attached hydrogens (tertiary/aromatic N) is 3. The van der Waals surface area contributed by atoms with Crippen molar-refractivity contribution in [1.29, 1.82) is 0 Å². The highest BCUT2D eigenvalue weighted by Crippen LogP contribution is 2.39. The topological polar surface area (TPSA) is 57.2 Å². The second-order valence-corrected chi connectivity index (χ2v) is 8.48. The Morgan fingerprint density at radius 3 is 2.43 bits per heavy atom. The zero-order chi connectivity index (χ0) is 21.3. The molecule has 4 rings (SSSR count). The summed E-state index contributed by atoms with van der Waals surface area (Å²) >= 11 is 0. The van der Waals surface area contributed by atoms with Crippen LogP contribution in [0.3, 0.4) is 0 Å². The summed E-state index contributed by atoms with van der Waals surface area (Å²) in [7, 11) is 0. The fourth-order valence-corrected chi connectivity index (χ4v) is 3.78. The number of fused-ring (bicyclic) bond motifs is 2. The van der Waals surface area contributed by atoms with E-state index in [0.717, 1.165) is 60.5 Å². The van der Waals surface area contributed by atoms with Crippen molar-refractivity contribution in [2.45, 2.75) is 33.7 Å². The second-order valence-electron chi connectivity index (χ2n) is 8.48. The van der Waals surface area contributed by atoms with E-state index in [0.29, 0.717) is 6.04 Å². The van der Waals surface area contributed by atoms with Gasteiger partial charge in [-0.1, -0.05) is 26.0 Å². The number of amidine groups is 1. The Morgan fingerprint density at radius 2 is 1.73 bits per heavy atom. The van der Waals surface area contributed by atoms with Crippen LogP contribution >= 0.6 is 0 Å². The monoisotopic (exact) mass is 406 g/mol. The molecule has 0 radical (unpaired) electrons. The number of nitrogens with one attached hydrogen (secondary N) is 1. The van der Waals surface area contributed by atoms with Crippen molar-refractivity contribution in [1.82, 2.24) is 9.80 Å². The number of benzene rings is 2. The number of ether oxygens (including phenoxy) is 1.